The minimum atomic E-state index is -0.109. The van der Waals surface area contributed by atoms with E-state index in [0.717, 1.165) is 37.2 Å². The van der Waals surface area contributed by atoms with Crippen LogP contribution in [0.1, 0.15) is 43.0 Å². The van der Waals surface area contributed by atoms with E-state index in [1.54, 1.807) is 0 Å². The van der Waals surface area contributed by atoms with E-state index in [9.17, 15) is 5.11 Å². The van der Waals surface area contributed by atoms with Gasteiger partial charge in [-0.3, -0.25) is 0 Å². The Morgan fingerprint density at radius 2 is 1.79 bits per heavy atom. The number of aliphatic hydroxyl groups is 1. The van der Waals surface area contributed by atoms with Gasteiger partial charge < -0.3 is 10.1 Å². The van der Waals surface area contributed by atoms with E-state index in [-0.39, 0.29) is 6.10 Å². The first-order valence-electron chi connectivity index (χ1n) is 7.02. The largest absolute Gasteiger partial charge is 0.393 e. The van der Waals surface area contributed by atoms with Crippen LogP contribution in [0.4, 0.5) is 0 Å². The number of nitrogens with zero attached hydrogens (tertiary/aromatic N) is 1. The first-order valence-corrected chi connectivity index (χ1v) is 7.02. The maximum atomic E-state index is 9.55. The van der Waals surface area contributed by atoms with Gasteiger partial charge in [0.25, 0.3) is 0 Å². The molecule has 1 aliphatic rings. The summed E-state index contributed by atoms with van der Waals surface area (Å²) in [5, 5.41) is 9.55. The van der Waals surface area contributed by atoms with Gasteiger partial charge in [-0.15, -0.1) is 0 Å². The Labute approximate surface area is 113 Å². The molecule has 2 N–H and O–H groups in total. The molecule has 1 fully saturated rings. The Bertz CT molecular complexity index is 536. The van der Waals surface area contributed by atoms with Crippen molar-refractivity contribution >= 4 is 0 Å². The van der Waals surface area contributed by atoms with E-state index >= 15 is 0 Å². The molecule has 0 amide bonds. The summed E-state index contributed by atoms with van der Waals surface area (Å²) >= 11 is 0. The zero-order valence-electron chi connectivity index (χ0n) is 11.3. The summed E-state index contributed by atoms with van der Waals surface area (Å²) in [5.41, 5.74) is 3.53. The van der Waals surface area contributed by atoms with Crippen LogP contribution in [-0.4, -0.2) is 21.2 Å². The third-order valence-corrected chi connectivity index (χ3v) is 4.04. The number of benzene rings is 1. The number of aliphatic hydroxyl groups excluding tert-OH is 1. The molecular weight excluding hydrogens is 236 g/mol. The predicted molar refractivity (Wildman–Crippen MR) is 76.0 cm³/mol. The molecule has 3 rings (SSSR count). The summed E-state index contributed by atoms with van der Waals surface area (Å²) in [6.45, 7) is 2.09. The Hall–Kier alpha value is -1.61. The topological polar surface area (TPSA) is 48.9 Å². The van der Waals surface area contributed by atoms with Crippen LogP contribution >= 0.6 is 0 Å². The molecule has 2 aromatic rings. The third-order valence-electron chi connectivity index (χ3n) is 4.04. The van der Waals surface area contributed by atoms with Gasteiger partial charge in [-0.2, -0.15) is 0 Å². The van der Waals surface area contributed by atoms with E-state index in [4.69, 9.17) is 0 Å². The van der Waals surface area contributed by atoms with Crippen LogP contribution < -0.4 is 0 Å². The van der Waals surface area contributed by atoms with Gasteiger partial charge in [-0.25, -0.2) is 4.98 Å². The fourth-order valence-corrected chi connectivity index (χ4v) is 2.77. The summed E-state index contributed by atoms with van der Waals surface area (Å²) in [6, 6.07) is 8.48. The number of aromatic nitrogens is 2. The molecule has 1 heterocycles. The van der Waals surface area contributed by atoms with Crippen molar-refractivity contribution in [1.82, 2.24) is 9.97 Å². The maximum Gasteiger partial charge on any atom is 0.109 e. The fourth-order valence-electron chi connectivity index (χ4n) is 2.77. The van der Waals surface area contributed by atoms with Crippen LogP contribution in [0.25, 0.3) is 11.3 Å². The van der Waals surface area contributed by atoms with Crippen molar-refractivity contribution in [2.45, 2.75) is 44.6 Å². The van der Waals surface area contributed by atoms with Gasteiger partial charge in [0, 0.05) is 5.92 Å². The molecular formula is C16H20N2O. The summed E-state index contributed by atoms with van der Waals surface area (Å²) in [5.74, 6) is 1.55. The molecule has 100 valence electrons. The van der Waals surface area contributed by atoms with Crippen molar-refractivity contribution in [3.63, 3.8) is 0 Å². The lowest BCUT2D eigenvalue weighted by molar-refractivity contribution is 0.121. The van der Waals surface area contributed by atoms with Gasteiger partial charge in [0.2, 0.25) is 0 Å². The summed E-state index contributed by atoms with van der Waals surface area (Å²) in [6.07, 6.45) is 5.66. The van der Waals surface area contributed by atoms with Crippen molar-refractivity contribution in [3.05, 3.63) is 41.9 Å². The Balaban J connectivity index is 1.77. The summed E-state index contributed by atoms with van der Waals surface area (Å²) < 4.78 is 0. The van der Waals surface area contributed by atoms with Gasteiger partial charge in [0.1, 0.15) is 5.82 Å². The quantitative estimate of drug-likeness (QED) is 0.865. The predicted octanol–water partition coefficient (Wildman–Crippen LogP) is 3.40. The number of nitrogens with one attached hydrogen (secondary N) is 1. The molecule has 0 atom stereocenters. The standard InChI is InChI=1S/C16H20N2O/c1-11-2-4-12(5-3-11)15-10-17-16(18-15)13-6-8-14(19)9-7-13/h2-5,10,13-14,19H,6-9H2,1H3,(H,17,18). The minimum Gasteiger partial charge on any atom is -0.393 e. The lowest BCUT2D eigenvalue weighted by Crippen LogP contribution is -2.17. The number of H-pyrrole nitrogens is 1. The van der Waals surface area contributed by atoms with Gasteiger partial charge in [-0.05, 0) is 38.2 Å². The number of imidazole rings is 1. The molecule has 1 aliphatic carbocycles. The van der Waals surface area contributed by atoms with E-state index in [1.807, 2.05) is 6.20 Å². The first kappa shape index (κ1) is 12.4. The highest BCUT2D eigenvalue weighted by Crippen LogP contribution is 2.32. The van der Waals surface area contributed by atoms with E-state index < -0.39 is 0 Å². The minimum absolute atomic E-state index is 0.109. The van der Waals surface area contributed by atoms with Crippen LogP contribution in [0, 0.1) is 6.92 Å². The molecule has 0 unspecified atom stereocenters. The number of hydrogen-bond acceptors (Lipinski definition) is 2. The molecule has 1 saturated carbocycles. The molecule has 3 heteroatoms. The Morgan fingerprint density at radius 3 is 2.47 bits per heavy atom. The second-order valence-electron chi connectivity index (χ2n) is 5.55. The number of aromatic amines is 1. The van der Waals surface area contributed by atoms with Gasteiger partial charge in [0.15, 0.2) is 0 Å². The molecule has 19 heavy (non-hydrogen) atoms. The van der Waals surface area contributed by atoms with Crippen molar-refractivity contribution in [1.29, 1.82) is 0 Å². The van der Waals surface area contributed by atoms with Crippen LogP contribution in [0.3, 0.4) is 0 Å². The number of hydrogen-bond donors (Lipinski definition) is 2. The lowest BCUT2D eigenvalue weighted by Gasteiger charge is -2.23. The normalized spacial score (nSPS) is 23.5. The van der Waals surface area contributed by atoms with Crippen LogP contribution in [0.2, 0.25) is 0 Å². The second-order valence-corrected chi connectivity index (χ2v) is 5.55. The van der Waals surface area contributed by atoms with Crippen molar-refractivity contribution < 1.29 is 5.11 Å². The molecule has 0 saturated heterocycles. The SMILES string of the molecule is Cc1ccc(-c2cnc(C3CCC(O)CC3)[nH]2)cc1. The monoisotopic (exact) mass is 256 g/mol. The number of rotatable bonds is 2. The van der Waals surface area contributed by atoms with E-state index in [1.165, 1.54) is 11.1 Å². The Kier molecular flexibility index (Phi) is 3.38. The van der Waals surface area contributed by atoms with Crippen LogP contribution in [0.5, 0.6) is 0 Å². The second kappa shape index (κ2) is 5.17. The Morgan fingerprint density at radius 1 is 1.11 bits per heavy atom. The summed E-state index contributed by atoms with van der Waals surface area (Å²) in [4.78, 5) is 7.97. The summed E-state index contributed by atoms with van der Waals surface area (Å²) in [7, 11) is 0. The molecule has 3 nitrogen and oxygen atoms in total. The van der Waals surface area contributed by atoms with Crippen molar-refractivity contribution in [2.75, 3.05) is 0 Å². The fraction of sp³-hybridized carbons (Fsp3) is 0.438. The smallest absolute Gasteiger partial charge is 0.109 e. The van der Waals surface area contributed by atoms with E-state index in [2.05, 4.69) is 41.2 Å². The van der Waals surface area contributed by atoms with E-state index in [0.29, 0.717) is 5.92 Å². The average molecular weight is 256 g/mol. The zero-order chi connectivity index (χ0) is 13.2. The highest BCUT2D eigenvalue weighted by Gasteiger charge is 2.22. The van der Waals surface area contributed by atoms with Crippen molar-refractivity contribution in [3.8, 4) is 11.3 Å². The molecule has 0 aliphatic heterocycles. The van der Waals surface area contributed by atoms with Crippen LogP contribution in [0.15, 0.2) is 30.5 Å². The molecule has 0 radical (unpaired) electrons. The van der Waals surface area contributed by atoms with Crippen LogP contribution in [-0.2, 0) is 0 Å². The highest BCUT2D eigenvalue weighted by atomic mass is 16.3. The molecule has 1 aromatic heterocycles. The zero-order valence-corrected chi connectivity index (χ0v) is 11.3. The van der Waals surface area contributed by atoms with Crippen molar-refractivity contribution in [2.24, 2.45) is 0 Å². The maximum absolute atomic E-state index is 9.55. The molecule has 1 aromatic carbocycles. The lowest BCUT2D eigenvalue weighted by atomic mass is 9.87. The van der Waals surface area contributed by atoms with Gasteiger partial charge in [0.05, 0.1) is 18.0 Å². The van der Waals surface area contributed by atoms with Gasteiger partial charge >= 0.3 is 0 Å². The third kappa shape index (κ3) is 2.71. The molecule has 0 bridgehead atoms. The highest BCUT2D eigenvalue weighted by molar-refractivity contribution is 5.58. The average Bonchev–Trinajstić information content (AvgIpc) is 2.90. The first-order chi connectivity index (χ1) is 9.22. The molecule has 0 spiro atoms. The number of aryl methyl sites for hydroxylation is 1. The van der Waals surface area contributed by atoms with Gasteiger partial charge in [-0.1, -0.05) is 29.8 Å².